The molecule has 0 spiro atoms. The number of carboxylic acids is 1. The SMILES string of the molecule is CN1CCc2nc3cc(Cl)ccc3c(C(=O)O)c2C1. The Hall–Kier alpha value is -1.65. The summed E-state index contributed by atoms with van der Waals surface area (Å²) in [5, 5.41) is 10.7. The van der Waals surface area contributed by atoms with Gasteiger partial charge in [0, 0.05) is 41.2 Å². The number of hydrogen-bond acceptors (Lipinski definition) is 3. The quantitative estimate of drug-likeness (QED) is 0.870. The molecule has 0 aliphatic carbocycles. The van der Waals surface area contributed by atoms with E-state index in [1.165, 1.54) is 0 Å². The Morgan fingerprint density at radius 1 is 1.47 bits per heavy atom. The van der Waals surface area contributed by atoms with Crippen LogP contribution in [-0.2, 0) is 13.0 Å². The summed E-state index contributed by atoms with van der Waals surface area (Å²) in [6, 6.07) is 5.17. The lowest BCUT2D eigenvalue weighted by Gasteiger charge is -2.26. The van der Waals surface area contributed by atoms with Crippen LogP contribution in [0.15, 0.2) is 18.2 Å². The first-order valence-electron chi connectivity index (χ1n) is 6.09. The molecule has 1 aliphatic rings. The van der Waals surface area contributed by atoms with Gasteiger partial charge >= 0.3 is 5.97 Å². The summed E-state index contributed by atoms with van der Waals surface area (Å²) in [5.74, 6) is -0.902. The van der Waals surface area contributed by atoms with E-state index in [1.54, 1.807) is 18.2 Å². The fourth-order valence-corrected chi connectivity index (χ4v) is 2.76. The van der Waals surface area contributed by atoms with E-state index in [2.05, 4.69) is 9.88 Å². The number of fused-ring (bicyclic) bond motifs is 2. The molecule has 3 rings (SSSR count). The molecular weight excluding hydrogens is 264 g/mol. The van der Waals surface area contributed by atoms with Crippen LogP contribution in [0.1, 0.15) is 21.6 Å². The zero-order chi connectivity index (χ0) is 13.6. The predicted molar refractivity (Wildman–Crippen MR) is 73.8 cm³/mol. The normalized spacial score (nSPS) is 15.5. The first-order chi connectivity index (χ1) is 9.06. The van der Waals surface area contributed by atoms with Gasteiger partial charge in [0.1, 0.15) is 0 Å². The molecule has 19 heavy (non-hydrogen) atoms. The zero-order valence-corrected chi connectivity index (χ0v) is 11.2. The van der Waals surface area contributed by atoms with Crippen LogP contribution in [0.5, 0.6) is 0 Å². The molecule has 0 radical (unpaired) electrons. The molecule has 0 amide bonds. The highest BCUT2D eigenvalue weighted by atomic mass is 35.5. The molecule has 0 saturated heterocycles. The molecule has 0 unspecified atom stereocenters. The van der Waals surface area contributed by atoms with Crippen molar-refractivity contribution in [1.29, 1.82) is 0 Å². The van der Waals surface area contributed by atoms with Gasteiger partial charge in [-0.1, -0.05) is 17.7 Å². The Labute approximate surface area is 115 Å². The number of hydrogen-bond donors (Lipinski definition) is 1. The molecule has 0 saturated carbocycles. The van der Waals surface area contributed by atoms with Gasteiger partial charge in [-0.2, -0.15) is 0 Å². The number of carboxylic acid groups (broad SMARTS) is 1. The predicted octanol–water partition coefficient (Wildman–Crippen LogP) is 2.57. The molecule has 0 fully saturated rings. The van der Waals surface area contributed by atoms with Gasteiger partial charge in [-0.3, -0.25) is 4.98 Å². The first kappa shape index (κ1) is 12.4. The average Bonchev–Trinajstić information content (AvgIpc) is 2.35. The van der Waals surface area contributed by atoms with Crippen molar-refractivity contribution in [2.24, 2.45) is 0 Å². The topological polar surface area (TPSA) is 53.4 Å². The Morgan fingerprint density at radius 3 is 3.00 bits per heavy atom. The lowest BCUT2D eigenvalue weighted by atomic mass is 9.96. The van der Waals surface area contributed by atoms with Crippen molar-refractivity contribution in [2.45, 2.75) is 13.0 Å². The summed E-state index contributed by atoms with van der Waals surface area (Å²) in [5.41, 5.74) is 2.73. The molecule has 1 aliphatic heterocycles. The molecule has 5 heteroatoms. The van der Waals surface area contributed by atoms with E-state index in [4.69, 9.17) is 11.6 Å². The summed E-state index contributed by atoms with van der Waals surface area (Å²) in [4.78, 5) is 18.3. The number of aromatic nitrogens is 1. The van der Waals surface area contributed by atoms with E-state index >= 15 is 0 Å². The second-order valence-corrected chi connectivity index (χ2v) is 5.30. The molecule has 2 heterocycles. The van der Waals surface area contributed by atoms with Crippen LogP contribution in [0, 0.1) is 0 Å². The summed E-state index contributed by atoms with van der Waals surface area (Å²) in [6.45, 7) is 1.52. The minimum atomic E-state index is -0.902. The molecule has 0 bridgehead atoms. The first-order valence-corrected chi connectivity index (χ1v) is 6.47. The highest BCUT2D eigenvalue weighted by molar-refractivity contribution is 6.31. The van der Waals surface area contributed by atoms with Gasteiger partial charge in [-0.25, -0.2) is 4.79 Å². The van der Waals surface area contributed by atoms with Gasteiger partial charge in [-0.05, 0) is 19.2 Å². The lowest BCUT2D eigenvalue weighted by Crippen LogP contribution is -2.29. The van der Waals surface area contributed by atoms with Crippen LogP contribution < -0.4 is 0 Å². The van der Waals surface area contributed by atoms with Gasteiger partial charge in [0.15, 0.2) is 0 Å². The highest BCUT2D eigenvalue weighted by Crippen LogP contribution is 2.29. The smallest absolute Gasteiger partial charge is 0.336 e. The third kappa shape index (κ3) is 2.07. The molecule has 1 aromatic heterocycles. The number of benzene rings is 1. The zero-order valence-electron chi connectivity index (χ0n) is 10.5. The van der Waals surface area contributed by atoms with Crippen LogP contribution in [0.4, 0.5) is 0 Å². The van der Waals surface area contributed by atoms with Crippen molar-refractivity contribution >= 4 is 28.5 Å². The van der Waals surface area contributed by atoms with Gasteiger partial charge in [0.05, 0.1) is 11.1 Å². The largest absolute Gasteiger partial charge is 0.478 e. The van der Waals surface area contributed by atoms with E-state index in [1.807, 2.05) is 7.05 Å². The Morgan fingerprint density at radius 2 is 2.26 bits per heavy atom. The van der Waals surface area contributed by atoms with E-state index in [0.717, 1.165) is 24.2 Å². The van der Waals surface area contributed by atoms with Crippen LogP contribution in [0.25, 0.3) is 10.9 Å². The second-order valence-electron chi connectivity index (χ2n) is 4.87. The highest BCUT2D eigenvalue weighted by Gasteiger charge is 2.24. The third-order valence-electron chi connectivity index (χ3n) is 3.51. The van der Waals surface area contributed by atoms with Crippen LogP contribution in [0.2, 0.25) is 5.02 Å². The maximum atomic E-state index is 11.6. The van der Waals surface area contributed by atoms with E-state index < -0.39 is 5.97 Å². The number of halogens is 1. The molecule has 98 valence electrons. The van der Waals surface area contributed by atoms with Gasteiger partial charge in [0.2, 0.25) is 0 Å². The van der Waals surface area contributed by atoms with Crippen LogP contribution in [-0.4, -0.2) is 34.6 Å². The fraction of sp³-hybridized carbons (Fsp3) is 0.286. The van der Waals surface area contributed by atoms with Crippen LogP contribution >= 0.6 is 11.6 Å². The summed E-state index contributed by atoms with van der Waals surface area (Å²) in [6.07, 6.45) is 0.772. The average molecular weight is 277 g/mol. The summed E-state index contributed by atoms with van der Waals surface area (Å²) >= 11 is 5.96. The van der Waals surface area contributed by atoms with E-state index in [0.29, 0.717) is 28.0 Å². The van der Waals surface area contributed by atoms with E-state index in [9.17, 15) is 9.90 Å². The monoisotopic (exact) mass is 276 g/mol. The maximum Gasteiger partial charge on any atom is 0.336 e. The number of likely N-dealkylation sites (N-methyl/N-ethyl adjacent to an activating group) is 1. The Bertz CT molecular complexity index is 685. The second kappa shape index (κ2) is 4.47. The Kier molecular flexibility index (Phi) is 2.92. The number of rotatable bonds is 1. The van der Waals surface area contributed by atoms with E-state index in [-0.39, 0.29) is 0 Å². The molecule has 4 nitrogen and oxygen atoms in total. The molecule has 2 aromatic rings. The van der Waals surface area contributed by atoms with Gasteiger partial charge in [0.25, 0.3) is 0 Å². The number of aromatic carboxylic acids is 1. The van der Waals surface area contributed by atoms with Crippen LogP contribution in [0.3, 0.4) is 0 Å². The standard InChI is InChI=1S/C14H13ClN2O2/c1-17-5-4-11-10(7-17)13(14(18)19)9-3-2-8(15)6-12(9)16-11/h2-3,6H,4-5,7H2,1H3,(H,18,19). The fourth-order valence-electron chi connectivity index (χ4n) is 2.60. The molecule has 0 atom stereocenters. The molecule has 1 N–H and O–H groups in total. The van der Waals surface area contributed by atoms with Crippen molar-refractivity contribution in [3.8, 4) is 0 Å². The molecule has 1 aromatic carbocycles. The minimum Gasteiger partial charge on any atom is -0.478 e. The minimum absolute atomic E-state index is 0.364. The van der Waals surface area contributed by atoms with Crippen molar-refractivity contribution in [3.05, 3.63) is 40.0 Å². The maximum absolute atomic E-state index is 11.6. The Balaban J connectivity index is 2.36. The number of nitrogens with zero attached hydrogens (tertiary/aromatic N) is 2. The lowest BCUT2D eigenvalue weighted by molar-refractivity contribution is 0.0696. The van der Waals surface area contributed by atoms with Crippen molar-refractivity contribution in [2.75, 3.05) is 13.6 Å². The third-order valence-corrected chi connectivity index (χ3v) is 3.74. The number of pyridine rings is 1. The van der Waals surface area contributed by atoms with Gasteiger partial charge < -0.3 is 10.0 Å². The van der Waals surface area contributed by atoms with Crippen molar-refractivity contribution in [1.82, 2.24) is 9.88 Å². The van der Waals surface area contributed by atoms with Crippen molar-refractivity contribution < 1.29 is 9.90 Å². The number of carbonyl (C=O) groups is 1. The van der Waals surface area contributed by atoms with Crippen molar-refractivity contribution in [3.63, 3.8) is 0 Å². The van der Waals surface area contributed by atoms with Gasteiger partial charge in [-0.15, -0.1) is 0 Å². The molecular formula is C14H13ClN2O2. The summed E-state index contributed by atoms with van der Waals surface area (Å²) < 4.78 is 0. The summed E-state index contributed by atoms with van der Waals surface area (Å²) in [7, 11) is 1.99.